The molecule has 2 fully saturated rings. The van der Waals surface area contributed by atoms with Gasteiger partial charge in [-0.1, -0.05) is 18.2 Å². The predicted octanol–water partition coefficient (Wildman–Crippen LogP) is 3.34. The molecular weight excluding hydrogens is 240 g/mol. The first-order valence-electron chi connectivity index (χ1n) is 7.05. The molecule has 100 valence electrons. The van der Waals surface area contributed by atoms with Gasteiger partial charge in [-0.05, 0) is 37.8 Å². The molecule has 2 saturated heterocycles. The van der Waals surface area contributed by atoms with Crippen molar-refractivity contribution in [1.82, 2.24) is 0 Å². The lowest BCUT2D eigenvalue weighted by atomic mass is 9.84. The number of hydrogen-bond acceptors (Lipinski definition) is 3. The van der Waals surface area contributed by atoms with Crippen LogP contribution in [0.3, 0.4) is 0 Å². The van der Waals surface area contributed by atoms with Gasteiger partial charge in [-0.3, -0.25) is 0 Å². The van der Waals surface area contributed by atoms with Crippen molar-refractivity contribution in [1.29, 1.82) is 0 Å². The van der Waals surface area contributed by atoms with Crippen LogP contribution in [0.5, 0.6) is 0 Å². The van der Waals surface area contributed by atoms with Gasteiger partial charge in [0, 0.05) is 11.3 Å². The highest BCUT2D eigenvalue weighted by Gasteiger charge is 2.45. The molecule has 0 spiro atoms. The number of fused-ring (bicyclic) bond motifs is 3. The third kappa shape index (κ3) is 1.72. The molecule has 2 aromatic rings. The van der Waals surface area contributed by atoms with Gasteiger partial charge in [0.25, 0.3) is 0 Å². The molecule has 1 aromatic heterocycles. The second kappa shape index (κ2) is 4.09. The van der Waals surface area contributed by atoms with Crippen LogP contribution < -0.4 is 0 Å². The first-order valence-corrected chi connectivity index (χ1v) is 7.05. The van der Waals surface area contributed by atoms with Crippen LogP contribution in [0.1, 0.15) is 36.7 Å². The maximum Gasteiger partial charge on any atom is 0.137 e. The van der Waals surface area contributed by atoms with Crippen molar-refractivity contribution in [2.75, 3.05) is 0 Å². The van der Waals surface area contributed by atoms with E-state index in [0.29, 0.717) is 11.9 Å². The summed E-state index contributed by atoms with van der Waals surface area (Å²) in [4.78, 5) is 0. The SMILES string of the molecule is Cc1cccc2cc(C(O)C3CC4CCC3O4)oc12. The van der Waals surface area contributed by atoms with Crippen LogP contribution in [0.25, 0.3) is 11.0 Å². The molecule has 3 nitrogen and oxygen atoms in total. The second-order valence-electron chi connectivity index (χ2n) is 5.86. The summed E-state index contributed by atoms with van der Waals surface area (Å²) >= 11 is 0. The number of rotatable bonds is 2. The third-order valence-corrected chi connectivity index (χ3v) is 4.61. The molecule has 1 N–H and O–H groups in total. The molecule has 0 radical (unpaired) electrons. The monoisotopic (exact) mass is 258 g/mol. The molecule has 1 aromatic carbocycles. The Labute approximate surface area is 112 Å². The average molecular weight is 258 g/mol. The van der Waals surface area contributed by atoms with Crippen molar-refractivity contribution in [2.45, 2.75) is 44.5 Å². The Morgan fingerprint density at radius 3 is 2.89 bits per heavy atom. The zero-order valence-electron chi connectivity index (χ0n) is 11.0. The summed E-state index contributed by atoms with van der Waals surface area (Å²) in [6.45, 7) is 2.03. The Hall–Kier alpha value is -1.32. The Morgan fingerprint density at radius 1 is 1.32 bits per heavy atom. The Balaban J connectivity index is 1.68. The molecular formula is C16H18O3. The lowest BCUT2D eigenvalue weighted by molar-refractivity contribution is 0.0323. The number of hydrogen-bond donors (Lipinski definition) is 1. The van der Waals surface area contributed by atoms with Gasteiger partial charge in [-0.2, -0.15) is 0 Å². The van der Waals surface area contributed by atoms with E-state index in [1.54, 1.807) is 0 Å². The van der Waals surface area contributed by atoms with Gasteiger partial charge in [-0.25, -0.2) is 0 Å². The Kier molecular flexibility index (Phi) is 2.47. The van der Waals surface area contributed by atoms with Crippen LogP contribution in [0, 0.1) is 12.8 Å². The van der Waals surface area contributed by atoms with E-state index >= 15 is 0 Å². The molecule has 4 rings (SSSR count). The fourth-order valence-corrected chi connectivity index (χ4v) is 3.59. The average Bonchev–Trinajstić information content (AvgIpc) is 3.12. The third-order valence-electron chi connectivity index (χ3n) is 4.61. The lowest BCUT2D eigenvalue weighted by Crippen LogP contribution is -2.23. The van der Waals surface area contributed by atoms with Crippen molar-refractivity contribution >= 4 is 11.0 Å². The minimum atomic E-state index is -0.540. The molecule has 4 unspecified atom stereocenters. The predicted molar refractivity (Wildman–Crippen MR) is 71.9 cm³/mol. The number of aryl methyl sites for hydroxylation is 1. The molecule has 19 heavy (non-hydrogen) atoms. The largest absolute Gasteiger partial charge is 0.458 e. The lowest BCUT2D eigenvalue weighted by Gasteiger charge is -2.22. The van der Waals surface area contributed by atoms with Crippen LogP contribution in [-0.2, 0) is 4.74 Å². The van der Waals surface area contributed by atoms with Crippen molar-refractivity contribution in [2.24, 2.45) is 5.92 Å². The number of para-hydroxylation sites is 1. The first-order chi connectivity index (χ1) is 9.22. The molecule has 2 aliphatic rings. The van der Waals surface area contributed by atoms with Crippen LogP contribution in [0.2, 0.25) is 0 Å². The molecule has 3 heterocycles. The molecule has 0 amide bonds. The van der Waals surface area contributed by atoms with Crippen LogP contribution in [0.15, 0.2) is 28.7 Å². The highest BCUT2D eigenvalue weighted by molar-refractivity contribution is 5.80. The Morgan fingerprint density at radius 2 is 2.21 bits per heavy atom. The van der Waals surface area contributed by atoms with E-state index in [4.69, 9.17) is 9.15 Å². The van der Waals surface area contributed by atoms with Gasteiger partial charge in [0.1, 0.15) is 17.4 Å². The summed E-state index contributed by atoms with van der Waals surface area (Å²) in [6.07, 6.45) is 3.22. The highest BCUT2D eigenvalue weighted by Crippen LogP contribution is 2.45. The number of aliphatic hydroxyl groups is 1. The van der Waals surface area contributed by atoms with Crippen LogP contribution in [0.4, 0.5) is 0 Å². The number of aliphatic hydroxyl groups excluding tert-OH is 1. The summed E-state index contributed by atoms with van der Waals surface area (Å²) < 4.78 is 11.7. The van der Waals surface area contributed by atoms with Crippen molar-refractivity contribution < 1.29 is 14.3 Å². The minimum Gasteiger partial charge on any atom is -0.458 e. The zero-order valence-corrected chi connectivity index (χ0v) is 11.0. The maximum absolute atomic E-state index is 10.6. The quantitative estimate of drug-likeness (QED) is 0.898. The molecule has 4 atom stereocenters. The van der Waals surface area contributed by atoms with Crippen molar-refractivity contribution in [3.63, 3.8) is 0 Å². The number of benzene rings is 1. The molecule has 0 saturated carbocycles. The number of furan rings is 1. The van der Waals surface area contributed by atoms with Gasteiger partial charge >= 0.3 is 0 Å². The molecule has 3 heteroatoms. The van der Waals surface area contributed by atoms with Gasteiger partial charge in [0.05, 0.1) is 12.2 Å². The summed E-state index contributed by atoms with van der Waals surface area (Å²) in [5, 5.41) is 11.6. The van der Waals surface area contributed by atoms with E-state index in [1.807, 2.05) is 31.2 Å². The highest BCUT2D eigenvalue weighted by atomic mass is 16.5. The fraction of sp³-hybridized carbons (Fsp3) is 0.500. The first kappa shape index (κ1) is 11.5. The smallest absolute Gasteiger partial charge is 0.137 e. The summed E-state index contributed by atoms with van der Waals surface area (Å²) in [5.41, 5.74) is 2.00. The van der Waals surface area contributed by atoms with Gasteiger partial charge in [0.15, 0.2) is 0 Å². The summed E-state index contributed by atoms with van der Waals surface area (Å²) in [6, 6.07) is 8.05. The fourth-order valence-electron chi connectivity index (χ4n) is 3.59. The van der Waals surface area contributed by atoms with E-state index in [0.717, 1.165) is 35.8 Å². The summed E-state index contributed by atoms with van der Waals surface area (Å²) in [7, 11) is 0. The second-order valence-corrected chi connectivity index (χ2v) is 5.86. The Bertz CT molecular complexity index is 615. The van der Waals surface area contributed by atoms with Crippen LogP contribution >= 0.6 is 0 Å². The van der Waals surface area contributed by atoms with Gasteiger partial charge in [0.2, 0.25) is 0 Å². The van der Waals surface area contributed by atoms with E-state index in [2.05, 4.69) is 0 Å². The minimum absolute atomic E-state index is 0.194. The van der Waals surface area contributed by atoms with E-state index in [-0.39, 0.29) is 12.0 Å². The maximum atomic E-state index is 10.6. The number of ether oxygens (including phenoxy) is 1. The van der Waals surface area contributed by atoms with E-state index in [1.165, 1.54) is 0 Å². The van der Waals surface area contributed by atoms with Gasteiger partial charge < -0.3 is 14.3 Å². The van der Waals surface area contributed by atoms with Crippen LogP contribution in [-0.4, -0.2) is 17.3 Å². The molecule has 2 aliphatic heterocycles. The van der Waals surface area contributed by atoms with Crippen molar-refractivity contribution in [3.05, 3.63) is 35.6 Å². The summed E-state index contributed by atoms with van der Waals surface area (Å²) in [5.74, 6) is 0.880. The zero-order chi connectivity index (χ0) is 13.0. The van der Waals surface area contributed by atoms with Gasteiger partial charge in [-0.15, -0.1) is 0 Å². The van der Waals surface area contributed by atoms with E-state index < -0.39 is 6.10 Å². The molecule has 0 aliphatic carbocycles. The molecule has 2 bridgehead atoms. The standard InChI is InChI=1S/C16H18O3/c1-9-3-2-4-10-7-14(19-16(9)10)15(17)12-8-11-5-6-13(12)18-11/h2-4,7,11-13,15,17H,5-6,8H2,1H3. The normalized spacial score (nSPS) is 31.2. The van der Waals surface area contributed by atoms with E-state index in [9.17, 15) is 5.11 Å². The van der Waals surface area contributed by atoms with Crippen molar-refractivity contribution in [3.8, 4) is 0 Å². The topological polar surface area (TPSA) is 42.6 Å².